The summed E-state index contributed by atoms with van der Waals surface area (Å²) in [6, 6.07) is 0.265. The summed E-state index contributed by atoms with van der Waals surface area (Å²) >= 11 is 8.17. The van der Waals surface area contributed by atoms with E-state index in [9.17, 15) is 0 Å². The van der Waals surface area contributed by atoms with Crippen molar-refractivity contribution in [3.05, 3.63) is 22.2 Å². The average molecular weight is 354 g/mol. The standard InChI is InChI=1S/C16H24ClN5S/c1-5-13-18-16(23-20-13)21-8-6-7-12(21)14-11(4)19-22(15(14)17)9-10(2)3/h10,12H,5-9H2,1-4H3. The molecule has 23 heavy (non-hydrogen) atoms. The quantitative estimate of drug-likeness (QED) is 0.805. The number of aryl methyl sites for hydroxylation is 2. The Bertz CT molecular complexity index is 678. The molecule has 1 aliphatic rings. The van der Waals surface area contributed by atoms with Crippen LogP contribution in [-0.4, -0.2) is 25.7 Å². The van der Waals surface area contributed by atoms with Gasteiger partial charge in [-0.2, -0.15) is 9.47 Å². The molecule has 1 aliphatic heterocycles. The van der Waals surface area contributed by atoms with E-state index < -0.39 is 0 Å². The van der Waals surface area contributed by atoms with Gasteiger partial charge in [0, 0.05) is 36.6 Å². The first-order valence-corrected chi connectivity index (χ1v) is 9.48. The van der Waals surface area contributed by atoms with Crippen LogP contribution in [0.25, 0.3) is 0 Å². The Morgan fingerprint density at radius 3 is 2.83 bits per heavy atom. The van der Waals surface area contributed by atoms with E-state index in [2.05, 4.69) is 47.1 Å². The Balaban J connectivity index is 1.92. The Morgan fingerprint density at radius 2 is 2.17 bits per heavy atom. The van der Waals surface area contributed by atoms with Gasteiger partial charge in [-0.05, 0) is 25.7 Å². The smallest absolute Gasteiger partial charge is 0.205 e. The number of halogens is 1. The summed E-state index contributed by atoms with van der Waals surface area (Å²) in [5, 5.41) is 6.47. The van der Waals surface area contributed by atoms with Crippen LogP contribution in [0, 0.1) is 12.8 Å². The third-order valence-electron chi connectivity index (χ3n) is 4.25. The Morgan fingerprint density at radius 1 is 1.39 bits per heavy atom. The molecular weight excluding hydrogens is 330 g/mol. The fourth-order valence-corrected chi connectivity index (χ4v) is 4.41. The van der Waals surface area contributed by atoms with Crippen molar-refractivity contribution in [2.45, 2.75) is 59.5 Å². The molecule has 0 amide bonds. The van der Waals surface area contributed by atoms with E-state index in [1.54, 1.807) is 0 Å². The van der Waals surface area contributed by atoms with E-state index in [4.69, 9.17) is 11.6 Å². The first kappa shape index (κ1) is 16.7. The molecular formula is C16H24ClN5S. The molecule has 5 nitrogen and oxygen atoms in total. The van der Waals surface area contributed by atoms with Gasteiger partial charge in [-0.1, -0.05) is 32.4 Å². The molecule has 1 fully saturated rings. The van der Waals surface area contributed by atoms with Crippen molar-refractivity contribution in [2.75, 3.05) is 11.4 Å². The van der Waals surface area contributed by atoms with Gasteiger partial charge < -0.3 is 4.90 Å². The van der Waals surface area contributed by atoms with E-state index in [1.807, 2.05) is 4.68 Å². The van der Waals surface area contributed by atoms with Gasteiger partial charge in [-0.25, -0.2) is 4.98 Å². The van der Waals surface area contributed by atoms with Crippen LogP contribution in [0.2, 0.25) is 5.15 Å². The Labute approximate surface area is 146 Å². The van der Waals surface area contributed by atoms with E-state index in [1.165, 1.54) is 11.5 Å². The second kappa shape index (κ2) is 6.77. The predicted molar refractivity (Wildman–Crippen MR) is 95.4 cm³/mol. The van der Waals surface area contributed by atoms with Crippen LogP contribution >= 0.6 is 23.1 Å². The zero-order valence-electron chi connectivity index (χ0n) is 14.2. The van der Waals surface area contributed by atoms with Crippen LogP contribution in [0.3, 0.4) is 0 Å². The molecule has 126 valence electrons. The van der Waals surface area contributed by atoms with Gasteiger partial charge in [0.1, 0.15) is 11.0 Å². The van der Waals surface area contributed by atoms with Crippen molar-refractivity contribution >= 4 is 28.3 Å². The van der Waals surface area contributed by atoms with Gasteiger partial charge in [-0.15, -0.1) is 0 Å². The summed E-state index contributed by atoms with van der Waals surface area (Å²) in [4.78, 5) is 7.02. The summed E-state index contributed by atoms with van der Waals surface area (Å²) in [6.45, 7) is 10.4. The molecule has 1 unspecified atom stereocenters. The van der Waals surface area contributed by atoms with Gasteiger partial charge in [-0.3, -0.25) is 4.68 Å². The third kappa shape index (κ3) is 3.24. The van der Waals surface area contributed by atoms with Crippen LogP contribution in [0.15, 0.2) is 0 Å². The molecule has 1 saturated heterocycles. The zero-order valence-corrected chi connectivity index (χ0v) is 15.8. The number of aromatic nitrogens is 4. The van der Waals surface area contributed by atoms with E-state index in [0.717, 1.165) is 59.7 Å². The van der Waals surface area contributed by atoms with Crippen molar-refractivity contribution in [3.8, 4) is 0 Å². The maximum absolute atomic E-state index is 6.68. The highest BCUT2D eigenvalue weighted by molar-refractivity contribution is 7.09. The van der Waals surface area contributed by atoms with Gasteiger partial charge in [0.15, 0.2) is 0 Å². The van der Waals surface area contributed by atoms with E-state index in [0.29, 0.717) is 5.92 Å². The SMILES string of the molecule is CCc1nsc(N2CCCC2c2c(C)nn(CC(C)C)c2Cl)n1. The van der Waals surface area contributed by atoms with Crippen LogP contribution in [0.1, 0.15) is 56.7 Å². The summed E-state index contributed by atoms with van der Waals surface area (Å²) in [6.07, 6.45) is 3.12. The lowest BCUT2D eigenvalue weighted by Crippen LogP contribution is -2.23. The number of hydrogen-bond donors (Lipinski definition) is 0. The molecule has 0 bridgehead atoms. The topological polar surface area (TPSA) is 46.8 Å². The lowest BCUT2D eigenvalue weighted by Gasteiger charge is -2.23. The monoisotopic (exact) mass is 353 g/mol. The molecule has 7 heteroatoms. The molecule has 0 spiro atoms. The molecule has 3 heterocycles. The normalized spacial score (nSPS) is 18.3. The fourth-order valence-electron chi connectivity index (χ4n) is 3.21. The van der Waals surface area contributed by atoms with Crippen molar-refractivity contribution < 1.29 is 0 Å². The first-order chi connectivity index (χ1) is 11.0. The van der Waals surface area contributed by atoms with Crippen LogP contribution in [0.5, 0.6) is 0 Å². The fraction of sp³-hybridized carbons (Fsp3) is 0.688. The first-order valence-electron chi connectivity index (χ1n) is 8.33. The predicted octanol–water partition coefficient (Wildman–Crippen LogP) is 4.26. The molecule has 0 saturated carbocycles. The Kier molecular flexibility index (Phi) is 4.92. The highest BCUT2D eigenvalue weighted by atomic mass is 35.5. The number of hydrogen-bond acceptors (Lipinski definition) is 5. The van der Waals surface area contributed by atoms with Gasteiger partial charge in [0.2, 0.25) is 5.13 Å². The summed E-state index contributed by atoms with van der Waals surface area (Å²) in [5.74, 6) is 1.45. The maximum Gasteiger partial charge on any atom is 0.205 e. The van der Waals surface area contributed by atoms with Gasteiger partial charge in [0.25, 0.3) is 0 Å². The molecule has 0 radical (unpaired) electrons. The maximum atomic E-state index is 6.68. The minimum atomic E-state index is 0.265. The molecule has 0 N–H and O–H groups in total. The molecule has 1 atom stereocenters. The van der Waals surface area contributed by atoms with Crippen LogP contribution in [0.4, 0.5) is 5.13 Å². The average Bonchev–Trinajstić information content (AvgIpc) is 3.18. The van der Waals surface area contributed by atoms with Crippen molar-refractivity contribution in [1.82, 2.24) is 19.1 Å². The van der Waals surface area contributed by atoms with Crippen molar-refractivity contribution in [1.29, 1.82) is 0 Å². The lowest BCUT2D eigenvalue weighted by atomic mass is 10.1. The van der Waals surface area contributed by atoms with E-state index in [-0.39, 0.29) is 6.04 Å². The zero-order chi connectivity index (χ0) is 16.6. The Hall–Kier alpha value is -1.14. The number of nitrogens with zero attached hydrogens (tertiary/aromatic N) is 5. The van der Waals surface area contributed by atoms with Crippen molar-refractivity contribution in [2.24, 2.45) is 5.92 Å². The highest BCUT2D eigenvalue weighted by Gasteiger charge is 2.33. The van der Waals surface area contributed by atoms with Gasteiger partial charge in [0.05, 0.1) is 11.7 Å². The van der Waals surface area contributed by atoms with E-state index >= 15 is 0 Å². The lowest BCUT2D eigenvalue weighted by molar-refractivity contribution is 0.481. The second-order valence-corrected chi connectivity index (χ2v) is 7.65. The third-order valence-corrected chi connectivity index (χ3v) is 5.44. The van der Waals surface area contributed by atoms with Gasteiger partial charge >= 0.3 is 0 Å². The molecule has 3 rings (SSSR count). The molecule has 0 aliphatic carbocycles. The summed E-state index contributed by atoms with van der Waals surface area (Å²) < 4.78 is 6.38. The minimum Gasteiger partial charge on any atom is -0.340 e. The highest BCUT2D eigenvalue weighted by Crippen LogP contribution is 2.41. The summed E-state index contributed by atoms with van der Waals surface area (Å²) in [5.41, 5.74) is 2.20. The van der Waals surface area contributed by atoms with Crippen molar-refractivity contribution in [3.63, 3.8) is 0 Å². The number of rotatable bonds is 5. The largest absolute Gasteiger partial charge is 0.340 e. The summed E-state index contributed by atoms with van der Waals surface area (Å²) in [7, 11) is 0. The minimum absolute atomic E-state index is 0.265. The van der Waals surface area contributed by atoms with Crippen LogP contribution < -0.4 is 4.90 Å². The number of anilines is 1. The molecule has 2 aromatic heterocycles. The van der Waals surface area contributed by atoms with Crippen LogP contribution in [-0.2, 0) is 13.0 Å². The molecule has 0 aromatic carbocycles. The molecule has 2 aromatic rings. The second-order valence-electron chi connectivity index (χ2n) is 6.56.